The molecule has 0 saturated carbocycles. The number of nitrogens with one attached hydrogen (secondary N) is 2. The fraction of sp³-hybridized carbons (Fsp3) is 0.800. The van der Waals surface area contributed by atoms with Crippen molar-refractivity contribution in [2.24, 2.45) is 5.92 Å². The van der Waals surface area contributed by atoms with Gasteiger partial charge < -0.3 is 20.6 Å². The normalized spacial score (nSPS) is 12.6. The van der Waals surface area contributed by atoms with E-state index >= 15 is 0 Å². The molecule has 0 heterocycles. The summed E-state index contributed by atoms with van der Waals surface area (Å²) in [7, 11) is 3.85. The number of carbonyl (C=O) groups is 2. The minimum absolute atomic E-state index is 0.00351. The summed E-state index contributed by atoms with van der Waals surface area (Å²) in [5, 5.41) is 13.4. The van der Waals surface area contributed by atoms with Crippen LogP contribution in [-0.2, 0) is 4.79 Å². The van der Waals surface area contributed by atoms with Gasteiger partial charge in [0, 0.05) is 12.6 Å². The number of nitrogens with zero attached hydrogens (tertiary/aromatic N) is 1. The van der Waals surface area contributed by atoms with Crippen LogP contribution in [0.3, 0.4) is 0 Å². The summed E-state index contributed by atoms with van der Waals surface area (Å²) < 4.78 is 0. The molecule has 0 aromatic rings. The highest BCUT2D eigenvalue weighted by atomic mass is 16.4. The first kappa shape index (κ1) is 14.7. The fourth-order valence-electron chi connectivity index (χ4n) is 1.19. The molecule has 1 atom stereocenters. The van der Waals surface area contributed by atoms with Crippen molar-refractivity contribution in [2.45, 2.75) is 19.9 Å². The van der Waals surface area contributed by atoms with E-state index in [1.54, 1.807) is 0 Å². The molecule has 0 aromatic carbocycles. The number of rotatable bonds is 6. The number of hydrogen-bond acceptors (Lipinski definition) is 3. The average Bonchev–Trinajstić information content (AvgIpc) is 2.12. The SMILES string of the molecule is CC(C)C(CN(C)C)NC(=O)NCC(=O)O. The Kier molecular flexibility index (Phi) is 6.48. The molecule has 3 N–H and O–H groups in total. The molecule has 2 amide bonds. The Balaban J connectivity index is 4.08. The molecular formula is C10H21N3O3. The van der Waals surface area contributed by atoms with Crippen LogP contribution in [0, 0.1) is 5.92 Å². The number of carboxylic acid groups (broad SMARTS) is 1. The molecule has 1 unspecified atom stereocenters. The Morgan fingerprint density at radius 2 is 1.88 bits per heavy atom. The van der Waals surface area contributed by atoms with E-state index in [2.05, 4.69) is 10.6 Å². The average molecular weight is 231 g/mol. The van der Waals surface area contributed by atoms with Gasteiger partial charge >= 0.3 is 12.0 Å². The van der Waals surface area contributed by atoms with Crippen molar-refractivity contribution < 1.29 is 14.7 Å². The molecular weight excluding hydrogens is 210 g/mol. The van der Waals surface area contributed by atoms with Gasteiger partial charge in [-0.2, -0.15) is 0 Å². The van der Waals surface area contributed by atoms with Crippen LogP contribution in [0.4, 0.5) is 4.79 Å². The Morgan fingerprint density at radius 3 is 2.25 bits per heavy atom. The molecule has 0 aliphatic heterocycles. The van der Waals surface area contributed by atoms with Crippen molar-refractivity contribution in [3.05, 3.63) is 0 Å². The molecule has 0 rings (SSSR count). The summed E-state index contributed by atoms with van der Waals surface area (Å²) in [6.45, 7) is 4.37. The molecule has 0 aromatic heterocycles. The van der Waals surface area contributed by atoms with Gasteiger partial charge in [-0.05, 0) is 20.0 Å². The van der Waals surface area contributed by atoms with E-state index in [1.807, 2.05) is 32.8 Å². The van der Waals surface area contributed by atoms with Crippen molar-refractivity contribution >= 4 is 12.0 Å². The molecule has 6 nitrogen and oxygen atoms in total. The minimum Gasteiger partial charge on any atom is -0.480 e. The van der Waals surface area contributed by atoms with Crippen molar-refractivity contribution in [1.82, 2.24) is 15.5 Å². The van der Waals surface area contributed by atoms with Gasteiger partial charge in [-0.1, -0.05) is 13.8 Å². The van der Waals surface area contributed by atoms with Crippen LogP contribution in [-0.4, -0.2) is 55.2 Å². The first-order valence-corrected chi connectivity index (χ1v) is 5.23. The molecule has 94 valence electrons. The summed E-state index contributed by atoms with van der Waals surface area (Å²) in [6, 6.07) is -0.438. The number of amides is 2. The van der Waals surface area contributed by atoms with Gasteiger partial charge in [-0.3, -0.25) is 4.79 Å². The number of likely N-dealkylation sites (N-methyl/N-ethyl adjacent to an activating group) is 1. The van der Waals surface area contributed by atoms with Gasteiger partial charge in [0.25, 0.3) is 0 Å². The predicted molar refractivity (Wildman–Crippen MR) is 61.4 cm³/mol. The summed E-state index contributed by atoms with van der Waals surface area (Å²) >= 11 is 0. The zero-order valence-electron chi connectivity index (χ0n) is 10.3. The van der Waals surface area contributed by atoms with E-state index in [0.29, 0.717) is 0 Å². The second kappa shape index (κ2) is 7.05. The summed E-state index contributed by atoms with van der Waals surface area (Å²) in [6.07, 6.45) is 0. The van der Waals surface area contributed by atoms with E-state index in [1.165, 1.54) is 0 Å². The smallest absolute Gasteiger partial charge is 0.323 e. The van der Waals surface area contributed by atoms with Gasteiger partial charge in [-0.25, -0.2) is 4.79 Å². The molecule has 0 spiro atoms. The number of aliphatic carboxylic acids is 1. The molecule has 0 bridgehead atoms. The van der Waals surface area contributed by atoms with Crippen LogP contribution in [0.15, 0.2) is 0 Å². The standard InChI is InChI=1S/C10H21N3O3/c1-7(2)8(6-13(3)4)12-10(16)11-5-9(14)15/h7-8H,5-6H2,1-4H3,(H,14,15)(H2,11,12,16). The Morgan fingerprint density at radius 1 is 1.31 bits per heavy atom. The molecule has 0 fully saturated rings. The zero-order chi connectivity index (χ0) is 12.7. The second-order valence-electron chi connectivity index (χ2n) is 4.33. The van der Waals surface area contributed by atoms with Crippen molar-refractivity contribution in [3.8, 4) is 0 Å². The lowest BCUT2D eigenvalue weighted by atomic mass is 10.0. The Hall–Kier alpha value is -1.30. The lowest BCUT2D eigenvalue weighted by Gasteiger charge is -2.25. The highest BCUT2D eigenvalue weighted by Gasteiger charge is 2.16. The lowest BCUT2D eigenvalue weighted by molar-refractivity contribution is -0.135. The topological polar surface area (TPSA) is 81.7 Å². The van der Waals surface area contributed by atoms with E-state index < -0.39 is 12.0 Å². The quantitative estimate of drug-likeness (QED) is 0.599. The van der Waals surface area contributed by atoms with Crippen LogP contribution in [0.1, 0.15) is 13.8 Å². The van der Waals surface area contributed by atoms with Gasteiger partial charge in [0.15, 0.2) is 0 Å². The lowest BCUT2D eigenvalue weighted by Crippen LogP contribution is -2.49. The third-order valence-corrected chi connectivity index (χ3v) is 2.08. The monoisotopic (exact) mass is 231 g/mol. The summed E-state index contributed by atoms with van der Waals surface area (Å²) in [5.41, 5.74) is 0. The largest absolute Gasteiger partial charge is 0.480 e. The maximum Gasteiger partial charge on any atom is 0.323 e. The van der Waals surface area contributed by atoms with E-state index in [-0.39, 0.29) is 18.5 Å². The molecule has 16 heavy (non-hydrogen) atoms. The number of urea groups is 1. The van der Waals surface area contributed by atoms with Gasteiger partial charge in [0.05, 0.1) is 0 Å². The predicted octanol–water partition coefficient (Wildman–Crippen LogP) is -0.0436. The Bertz CT molecular complexity index is 241. The molecule has 0 saturated heterocycles. The van der Waals surface area contributed by atoms with E-state index in [9.17, 15) is 9.59 Å². The number of carboxylic acids is 1. The second-order valence-corrected chi connectivity index (χ2v) is 4.33. The van der Waals surface area contributed by atoms with Crippen LogP contribution in [0.2, 0.25) is 0 Å². The summed E-state index contributed by atoms with van der Waals surface area (Å²) in [5.74, 6) is -0.762. The van der Waals surface area contributed by atoms with Crippen LogP contribution in [0.25, 0.3) is 0 Å². The maximum atomic E-state index is 11.3. The highest BCUT2D eigenvalue weighted by molar-refractivity contribution is 5.79. The highest BCUT2D eigenvalue weighted by Crippen LogP contribution is 2.02. The van der Waals surface area contributed by atoms with Crippen LogP contribution in [0.5, 0.6) is 0 Å². The van der Waals surface area contributed by atoms with E-state index in [0.717, 1.165) is 6.54 Å². The third-order valence-electron chi connectivity index (χ3n) is 2.08. The van der Waals surface area contributed by atoms with Crippen molar-refractivity contribution in [2.75, 3.05) is 27.2 Å². The van der Waals surface area contributed by atoms with Crippen LogP contribution < -0.4 is 10.6 Å². The molecule has 0 radical (unpaired) electrons. The first-order chi connectivity index (χ1) is 7.32. The van der Waals surface area contributed by atoms with Gasteiger partial charge in [-0.15, -0.1) is 0 Å². The molecule has 0 aliphatic rings. The van der Waals surface area contributed by atoms with Crippen LogP contribution >= 0.6 is 0 Å². The van der Waals surface area contributed by atoms with Crippen molar-refractivity contribution in [1.29, 1.82) is 0 Å². The maximum absolute atomic E-state index is 11.3. The molecule has 6 heteroatoms. The Labute approximate surface area is 96.0 Å². The zero-order valence-corrected chi connectivity index (χ0v) is 10.3. The number of hydrogen-bond donors (Lipinski definition) is 3. The van der Waals surface area contributed by atoms with E-state index in [4.69, 9.17) is 5.11 Å². The van der Waals surface area contributed by atoms with Gasteiger partial charge in [0.1, 0.15) is 6.54 Å². The van der Waals surface area contributed by atoms with Crippen molar-refractivity contribution in [3.63, 3.8) is 0 Å². The molecule has 0 aliphatic carbocycles. The number of carbonyl (C=O) groups excluding carboxylic acids is 1. The first-order valence-electron chi connectivity index (χ1n) is 5.23. The minimum atomic E-state index is -1.05. The fourth-order valence-corrected chi connectivity index (χ4v) is 1.19. The van der Waals surface area contributed by atoms with Gasteiger partial charge in [0.2, 0.25) is 0 Å². The summed E-state index contributed by atoms with van der Waals surface area (Å²) in [4.78, 5) is 23.6. The third kappa shape index (κ3) is 7.05.